The normalized spacial score (nSPS) is 10.2. The molecule has 1 N–H and O–H groups in total. The topological polar surface area (TPSA) is 32.7 Å². The fraction of sp³-hybridized carbons (Fsp3) is 0.417. The number of rotatable bonds is 4. The van der Waals surface area contributed by atoms with Crippen LogP contribution in [0.1, 0.15) is 19.4 Å². The number of aromatic hydroxyl groups is 1. The van der Waals surface area contributed by atoms with Crippen LogP contribution in [0.5, 0.6) is 5.75 Å². The van der Waals surface area contributed by atoms with E-state index in [1.807, 2.05) is 18.7 Å². The number of hydrogen-bond acceptors (Lipinski definition) is 3. The van der Waals surface area contributed by atoms with Crippen LogP contribution in [-0.4, -0.2) is 28.3 Å². The highest BCUT2D eigenvalue weighted by atomic mass is 35.5. The van der Waals surface area contributed by atoms with Crippen molar-refractivity contribution in [2.45, 2.75) is 20.5 Å². The highest BCUT2D eigenvalue weighted by Crippen LogP contribution is 2.32. The lowest BCUT2D eigenvalue weighted by molar-refractivity contribution is 0.238. The lowest BCUT2D eigenvalue weighted by atomic mass is 10.2. The van der Waals surface area contributed by atoms with E-state index in [0.717, 1.165) is 18.7 Å². The van der Waals surface area contributed by atoms with E-state index in [2.05, 4.69) is 0 Å². The molecule has 0 spiro atoms. The van der Waals surface area contributed by atoms with Crippen LogP contribution in [0.15, 0.2) is 12.1 Å². The minimum Gasteiger partial charge on any atom is -0.505 e. The van der Waals surface area contributed by atoms with Crippen molar-refractivity contribution in [3.63, 3.8) is 0 Å². The van der Waals surface area contributed by atoms with Gasteiger partial charge in [0.15, 0.2) is 5.75 Å². The van der Waals surface area contributed by atoms with Gasteiger partial charge in [-0.1, -0.05) is 23.2 Å². The monoisotopic (exact) mass is 307 g/mol. The van der Waals surface area contributed by atoms with Gasteiger partial charge >= 0.3 is 0 Å². The van der Waals surface area contributed by atoms with E-state index in [1.165, 1.54) is 0 Å². The van der Waals surface area contributed by atoms with E-state index in [0.29, 0.717) is 5.17 Å². The highest BCUT2D eigenvalue weighted by molar-refractivity contribution is 7.80. The number of phenolic OH excluding ortho intramolecular Hbond substituents is 1. The molecule has 0 saturated heterocycles. The van der Waals surface area contributed by atoms with Crippen molar-refractivity contribution < 1.29 is 9.84 Å². The third-order valence-corrected chi connectivity index (χ3v) is 3.41. The Hall–Kier alpha value is -0.710. The van der Waals surface area contributed by atoms with E-state index in [9.17, 15) is 5.11 Å². The molecule has 0 radical (unpaired) electrons. The minimum atomic E-state index is -0.117. The smallest absolute Gasteiger partial charge is 0.259 e. The van der Waals surface area contributed by atoms with E-state index >= 15 is 0 Å². The predicted molar refractivity (Wildman–Crippen MR) is 78.4 cm³/mol. The zero-order valence-electron chi connectivity index (χ0n) is 10.2. The number of thiocarbonyl (C=S) groups is 1. The second-order valence-electron chi connectivity index (χ2n) is 3.63. The fourth-order valence-electron chi connectivity index (χ4n) is 1.42. The number of nitrogens with zero attached hydrogens (tertiary/aromatic N) is 1. The molecule has 0 unspecified atom stereocenters. The van der Waals surface area contributed by atoms with Crippen LogP contribution in [-0.2, 0) is 11.3 Å². The van der Waals surface area contributed by atoms with E-state index in [-0.39, 0.29) is 22.4 Å². The Morgan fingerprint density at radius 2 is 1.78 bits per heavy atom. The molecule has 1 aromatic rings. The summed E-state index contributed by atoms with van der Waals surface area (Å²) in [5.41, 5.74) is 0.761. The second-order valence-corrected chi connectivity index (χ2v) is 4.80. The van der Waals surface area contributed by atoms with Gasteiger partial charge in [-0.05, 0) is 43.8 Å². The second kappa shape index (κ2) is 7.02. The molecule has 0 aliphatic carbocycles. The summed E-state index contributed by atoms with van der Waals surface area (Å²) in [5, 5.41) is 10.3. The summed E-state index contributed by atoms with van der Waals surface area (Å²) in [7, 11) is 0. The van der Waals surface area contributed by atoms with Crippen LogP contribution in [0.2, 0.25) is 10.0 Å². The number of hydrogen-bond donors (Lipinski definition) is 1. The molecule has 0 bridgehead atoms. The molecule has 0 heterocycles. The maximum atomic E-state index is 9.43. The Bertz CT molecular complexity index is 413. The van der Waals surface area contributed by atoms with Crippen LogP contribution in [0.25, 0.3) is 0 Å². The van der Waals surface area contributed by atoms with Gasteiger partial charge in [0.2, 0.25) is 0 Å². The van der Waals surface area contributed by atoms with Crippen molar-refractivity contribution in [2.75, 3.05) is 13.1 Å². The molecule has 1 rings (SSSR count). The van der Waals surface area contributed by atoms with Crippen LogP contribution in [0.4, 0.5) is 0 Å². The molecule has 0 atom stereocenters. The van der Waals surface area contributed by atoms with Gasteiger partial charge in [-0.2, -0.15) is 0 Å². The molecular formula is C12H15Cl2NO2S. The van der Waals surface area contributed by atoms with Gasteiger partial charge in [0.05, 0.1) is 10.0 Å². The molecule has 0 aliphatic rings. The maximum Gasteiger partial charge on any atom is 0.259 e. The largest absolute Gasteiger partial charge is 0.505 e. The fourth-order valence-corrected chi connectivity index (χ4v) is 2.27. The molecule has 3 nitrogen and oxygen atoms in total. The molecule has 1 aromatic carbocycles. The summed E-state index contributed by atoms with van der Waals surface area (Å²) in [5.74, 6) is -0.117. The third kappa shape index (κ3) is 3.90. The molecule has 0 saturated carbocycles. The number of halogens is 2. The first kappa shape index (κ1) is 15.3. The van der Waals surface area contributed by atoms with Gasteiger partial charge in [0.25, 0.3) is 5.17 Å². The summed E-state index contributed by atoms with van der Waals surface area (Å²) in [4.78, 5) is 1.93. The first-order chi connectivity index (χ1) is 8.49. The molecule has 18 heavy (non-hydrogen) atoms. The summed E-state index contributed by atoms with van der Waals surface area (Å²) in [6.45, 7) is 5.88. The Labute approximate surface area is 122 Å². The summed E-state index contributed by atoms with van der Waals surface area (Å²) >= 11 is 16.8. The van der Waals surface area contributed by atoms with Crippen LogP contribution >= 0.6 is 35.4 Å². The van der Waals surface area contributed by atoms with Gasteiger partial charge in [-0.15, -0.1) is 0 Å². The Morgan fingerprint density at radius 1 is 1.28 bits per heavy atom. The lowest BCUT2D eigenvalue weighted by Crippen LogP contribution is -2.30. The Kier molecular flexibility index (Phi) is 5.99. The van der Waals surface area contributed by atoms with Crippen LogP contribution < -0.4 is 0 Å². The van der Waals surface area contributed by atoms with E-state index in [4.69, 9.17) is 40.2 Å². The van der Waals surface area contributed by atoms with Gasteiger partial charge in [-0.3, -0.25) is 0 Å². The summed E-state index contributed by atoms with van der Waals surface area (Å²) < 4.78 is 5.48. The average Bonchev–Trinajstić information content (AvgIpc) is 2.34. The third-order valence-electron chi connectivity index (χ3n) is 2.46. The first-order valence-electron chi connectivity index (χ1n) is 5.58. The minimum absolute atomic E-state index is 0.117. The molecule has 0 fully saturated rings. The van der Waals surface area contributed by atoms with Crippen molar-refractivity contribution in [1.82, 2.24) is 4.90 Å². The molecule has 6 heteroatoms. The highest BCUT2D eigenvalue weighted by Gasteiger charge is 2.09. The van der Waals surface area contributed by atoms with Gasteiger partial charge in [0, 0.05) is 13.1 Å². The number of benzene rings is 1. The van der Waals surface area contributed by atoms with E-state index in [1.54, 1.807) is 12.1 Å². The van der Waals surface area contributed by atoms with E-state index < -0.39 is 0 Å². The molecule has 0 aliphatic heterocycles. The van der Waals surface area contributed by atoms with Crippen molar-refractivity contribution >= 4 is 40.6 Å². The molecule has 0 aromatic heterocycles. The Balaban J connectivity index is 2.67. The summed E-state index contributed by atoms with van der Waals surface area (Å²) in [6.07, 6.45) is 0. The van der Waals surface area contributed by atoms with Crippen molar-refractivity contribution in [1.29, 1.82) is 0 Å². The Morgan fingerprint density at radius 3 is 2.22 bits per heavy atom. The predicted octanol–water partition coefficient (Wildman–Crippen LogP) is 3.84. The molecule has 100 valence electrons. The van der Waals surface area contributed by atoms with Crippen LogP contribution in [0, 0.1) is 0 Å². The van der Waals surface area contributed by atoms with Crippen LogP contribution in [0.3, 0.4) is 0 Å². The van der Waals surface area contributed by atoms with Crippen molar-refractivity contribution in [2.24, 2.45) is 0 Å². The quantitative estimate of drug-likeness (QED) is 0.857. The van der Waals surface area contributed by atoms with Gasteiger partial charge < -0.3 is 14.7 Å². The zero-order valence-corrected chi connectivity index (χ0v) is 12.6. The van der Waals surface area contributed by atoms with Crippen molar-refractivity contribution in [3.05, 3.63) is 27.7 Å². The first-order valence-corrected chi connectivity index (χ1v) is 6.74. The standard InChI is InChI=1S/C12H15Cl2NO2S/c1-3-15(4-2)12(18)17-7-8-5-9(13)11(16)10(14)6-8/h5-6,16H,3-4,7H2,1-2H3. The molecule has 0 amide bonds. The SMILES string of the molecule is CCN(CC)C(=S)OCc1cc(Cl)c(O)c(Cl)c1. The number of ether oxygens (including phenoxy) is 1. The van der Waals surface area contributed by atoms with Gasteiger partial charge in [0.1, 0.15) is 6.61 Å². The number of phenols is 1. The lowest BCUT2D eigenvalue weighted by Gasteiger charge is -2.21. The van der Waals surface area contributed by atoms with Crippen molar-refractivity contribution in [3.8, 4) is 5.75 Å². The zero-order chi connectivity index (χ0) is 13.7. The van der Waals surface area contributed by atoms with Gasteiger partial charge in [-0.25, -0.2) is 0 Å². The maximum absolute atomic E-state index is 9.43. The summed E-state index contributed by atoms with van der Waals surface area (Å²) in [6, 6.07) is 3.21. The molecular weight excluding hydrogens is 293 g/mol. The average molecular weight is 308 g/mol.